The van der Waals surface area contributed by atoms with E-state index in [1.165, 1.54) is 0 Å². The summed E-state index contributed by atoms with van der Waals surface area (Å²) >= 11 is 0. The largest absolute Gasteiger partial charge is 0.336 e. The summed E-state index contributed by atoms with van der Waals surface area (Å²) in [4.78, 5) is 20.5. The lowest BCUT2D eigenvalue weighted by Gasteiger charge is -2.02. The summed E-state index contributed by atoms with van der Waals surface area (Å²) in [5.74, 6) is 0.0971. The third-order valence-electron chi connectivity index (χ3n) is 3.73. The Balaban J connectivity index is 1.48. The van der Waals surface area contributed by atoms with Crippen molar-refractivity contribution in [3.63, 3.8) is 0 Å². The highest BCUT2D eigenvalue weighted by Gasteiger charge is 2.13. The Morgan fingerprint density at radius 2 is 2.04 bits per heavy atom. The van der Waals surface area contributed by atoms with Crippen LogP contribution in [-0.2, 0) is 6.54 Å². The molecule has 8 nitrogen and oxygen atoms in total. The van der Waals surface area contributed by atoms with Gasteiger partial charge in [0.25, 0.3) is 11.6 Å². The van der Waals surface area contributed by atoms with Crippen molar-refractivity contribution >= 4 is 22.8 Å². The number of hydrogen-bond acceptors (Lipinski definition) is 6. The van der Waals surface area contributed by atoms with E-state index in [1.807, 2.05) is 19.1 Å². The van der Waals surface area contributed by atoms with Gasteiger partial charge in [-0.3, -0.25) is 14.5 Å². The summed E-state index contributed by atoms with van der Waals surface area (Å²) in [7, 11) is 0. The number of carbonyl (C=O) groups is 1. The van der Waals surface area contributed by atoms with E-state index in [1.54, 1.807) is 41.5 Å². The average molecular weight is 334 g/mol. The number of carbonyl (C=O) groups excluding carboxylic acids is 1. The number of hydrogen-bond donors (Lipinski definition) is 1. The first-order chi connectivity index (χ1) is 12.2. The molecule has 1 amide bonds. The molecule has 1 N–H and O–H groups in total. The van der Waals surface area contributed by atoms with Crippen LogP contribution in [0.2, 0.25) is 0 Å². The first kappa shape index (κ1) is 15.0. The number of nitrogens with zero attached hydrogens (tertiary/aromatic N) is 5. The van der Waals surface area contributed by atoms with Gasteiger partial charge in [0.1, 0.15) is 5.69 Å². The van der Waals surface area contributed by atoms with Gasteiger partial charge in [-0.25, -0.2) is 4.98 Å². The fourth-order valence-corrected chi connectivity index (χ4v) is 2.44. The van der Waals surface area contributed by atoms with Gasteiger partial charge in [0, 0.05) is 24.7 Å². The van der Waals surface area contributed by atoms with E-state index in [4.69, 9.17) is 4.52 Å². The van der Waals surface area contributed by atoms with E-state index < -0.39 is 0 Å². The van der Waals surface area contributed by atoms with E-state index in [2.05, 4.69) is 25.5 Å². The second-order valence-corrected chi connectivity index (χ2v) is 5.53. The van der Waals surface area contributed by atoms with E-state index in [0.717, 1.165) is 16.6 Å². The summed E-state index contributed by atoms with van der Waals surface area (Å²) in [5, 5.41) is 11.7. The van der Waals surface area contributed by atoms with Crippen molar-refractivity contribution in [3.05, 3.63) is 65.9 Å². The number of anilines is 1. The molecule has 25 heavy (non-hydrogen) atoms. The standard InChI is InChI=1S/C17H14N6O2/c1-11-13-2-3-14(19-17(13)25-22-11)16(24)20-15-6-9-23(21-15)10-12-4-7-18-8-5-12/h2-9H,10H2,1H3,(H,20,21,24). The van der Waals surface area contributed by atoms with Crippen LogP contribution in [0.3, 0.4) is 0 Å². The lowest BCUT2D eigenvalue weighted by Crippen LogP contribution is -2.14. The van der Waals surface area contributed by atoms with Gasteiger partial charge in [0.15, 0.2) is 5.82 Å². The fourth-order valence-electron chi connectivity index (χ4n) is 2.44. The predicted molar refractivity (Wildman–Crippen MR) is 90.1 cm³/mol. The molecule has 0 aromatic carbocycles. The van der Waals surface area contributed by atoms with Gasteiger partial charge in [-0.15, -0.1) is 0 Å². The summed E-state index contributed by atoms with van der Waals surface area (Å²) in [6, 6.07) is 8.97. The molecule has 4 aromatic heterocycles. The molecule has 0 fully saturated rings. The number of nitrogens with one attached hydrogen (secondary N) is 1. The smallest absolute Gasteiger partial charge is 0.275 e. The molecule has 0 spiro atoms. The number of aromatic nitrogens is 5. The molecule has 0 unspecified atom stereocenters. The van der Waals surface area contributed by atoms with Gasteiger partial charge in [-0.05, 0) is 36.8 Å². The minimum atomic E-state index is -0.356. The average Bonchev–Trinajstić information content (AvgIpc) is 3.22. The van der Waals surface area contributed by atoms with Crippen molar-refractivity contribution in [2.45, 2.75) is 13.5 Å². The Kier molecular flexibility index (Phi) is 3.70. The number of rotatable bonds is 4. The van der Waals surface area contributed by atoms with Crippen molar-refractivity contribution < 1.29 is 9.32 Å². The molecular formula is C17H14N6O2. The summed E-state index contributed by atoms with van der Waals surface area (Å²) < 4.78 is 6.83. The van der Waals surface area contributed by atoms with Gasteiger partial charge in [0.2, 0.25) is 0 Å². The Labute approximate surface area is 142 Å². The second-order valence-electron chi connectivity index (χ2n) is 5.53. The van der Waals surface area contributed by atoms with Crippen LogP contribution >= 0.6 is 0 Å². The molecule has 4 rings (SSSR count). The molecule has 0 saturated carbocycles. The fraction of sp³-hybridized carbons (Fsp3) is 0.118. The van der Waals surface area contributed by atoms with Crippen molar-refractivity contribution in [1.29, 1.82) is 0 Å². The number of pyridine rings is 2. The number of fused-ring (bicyclic) bond motifs is 1. The van der Waals surface area contributed by atoms with E-state index in [0.29, 0.717) is 18.1 Å². The van der Waals surface area contributed by atoms with Crippen LogP contribution in [-0.4, -0.2) is 30.8 Å². The highest BCUT2D eigenvalue weighted by Crippen LogP contribution is 2.16. The highest BCUT2D eigenvalue weighted by molar-refractivity contribution is 6.03. The molecule has 4 aromatic rings. The first-order valence-electron chi connectivity index (χ1n) is 7.66. The predicted octanol–water partition coefficient (Wildman–Crippen LogP) is 2.42. The topological polar surface area (TPSA) is 98.7 Å². The van der Waals surface area contributed by atoms with Gasteiger partial charge < -0.3 is 9.84 Å². The molecule has 0 aliphatic carbocycles. The number of aryl methyl sites for hydroxylation is 1. The second kappa shape index (κ2) is 6.16. The zero-order valence-corrected chi connectivity index (χ0v) is 13.4. The van der Waals surface area contributed by atoms with Crippen molar-refractivity contribution in [2.75, 3.05) is 5.32 Å². The van der Waals surface area contributed by atoms with Crippen LogP contribution < -0.4 is 5.32 Å². The van der Waals surface area contributed by atoms with E-state index in [-0.39, 0.29) is 11.6 Å². The Bertz CT molecular complexity index is 1040. The molecule has 0 aliphatic heterocycles. The molecule has 8 heteroatoms. The maximum absolute atomic E-state index is 12.3. The zero-order valence-electron chi connectivity index (χ0n) is 13.4. The highest BCUT2D eigenvalue weighted by atomic mass is 16.5. The monoisotopic (exact) mass is 334 g/mol. The minimum absolute atomic E-state index is 0.243. The van der Waals surface area contributed by atoms with E-state index >= 15 is 0 Å². The molecule has 0 saturated heterocycles. The third kappa shape index (κ3) is 3.09. The normalized spacial score (nSPS) is 10.9. The quantitative estimate of drug-likeness (QED) is 0.615. The van der Waals surface area contributed by atoms with Gasteiger partial charge in [0.05, 0.1) is 17.6 Å². The third-order valence-corrected chi connectivity index (χ3v) is 3.73. The lowest BCUT2D eigenvalue weighted by molar-refractivity contribution is 0.102. The van der Waals surface area contributed by atoms with Crippen LogP contribution in [0, 0.1) is 6.92 Å². The van der Waals surface area contributed by atoms with Crippen molar-refractivity contribution in [1.82, 2.24) is 24.9 Å². The Morgan fingerprint density at radius 3 is 2.88 bits per heavy atom. The molecule has 124 valence electrons. The summed E-state index contributed by atoms with van der Waals surface area (Å²) in [5.41, 5.74) is 2.40. The lowest BCUT2D eigenvalue weighted by atomic mass is 10.2. The van der Waals surface area contributed by atoms with Gasteiger partial charge in [-0.1, -0.05) is 5.16 Å². The van der Waals surface area contributed by atoms with Crippen LogP contribution in [0.1, 0.15) is 21.7 Å². The van der Waals surface area contributed by atoms with Crippen molar-refractivity contribution in [3.8, 4) is 0 Å². The molecule has 0 aliphatic rings. The zero-order chi connectivity index (χ0) is 17.2. The molecule has 4 heterocycles. The maximum Gasteiger partial charge on any atom is 0.275 e. The maximum atomic E-state index is 12.3. The Morgan fingerprint density at radius 1 is 1.20 bits per heavy atom. The van der Waals surface area contributed by atoms with Crippen LogP contribution in [0.4, 0.5) is 5.82 Å². The molecular weight excluding hydrogens is 320 g/mol. The van der Waals surface area contributed by atoms with Crippen molar-refractivity contribution in [2.24, 2.45) is 0 Å². The van der Waals surface area contributed by atoms with Crippen LogP contribution in [0.5, 0.6) is 0 Å². The van der Waals surface area contributed by atoms with Crippen LogP contribution in [0.15, 0.2) is 53.4 Å². The Hall–Kier alpha value is -3.55. The van der Waals surface area contributed by atoms with Crippen LogP contribution in [0.25, 0.3) is 11.1 Å². The molecule has 0 atom stereocenters. The van der Waals surface area contributed by atoms with E-state index in [9.17, 15) is 4.79 Å². The van der Waals surface area contributed by atoms with Gasteiger partial charge >= 0.3 is 0 Å². The number of amides is 1. The minimum Gasteiger partial charge on any atom is -0.336 e. The molecule has 0 bridgehead atoms. The SMILES string of the molecule is Cc1noc2nc(C(=O)Nc3ccn(Cc4ccncc4)n3)ccc12. The summed E-state index contributed by atoms with van der Waals surface area (Å²) in [6.45, 7) is 2.42. The first-order valence-corrected chi connectivity index (χ1v) is 7.66. The van der Waals surface area contributed by atoms with Gasteiger partial charge in [-0.2, -0.15) is 5.10 Å². The summed E-state index contributed by atoms with van der Waals surface area (Å²) in [6.07, 6.45) is 5.26. The molecule has 0 radical (unpaired) electrons.